The monoisotopic (exact) mass is 408 g/mol. The fourth-order valence-corrected chi connectivity index (χ4v) is 4.26. The number of anilines is 2. The van der Waals surface area contributed by atoms with Crippen molar-refractivity contribution in [2.24, 2.45) is 0 Å². The number of aryl methyl sites for hydroxylation is 1. The van der Waals surface area contributed by atoms with Gasteiger partial charge in [0.05, 0.1) is 35.5 Å². The predicted octanol–water partition coefficient (Wildman–Crippen LogP) is 5.09. The number of pyridine rings is 2. The van der Waals surface area contributed by atoms with E-state index in [0.717, 1.165) is 36.6 Å². The molecule has 1 aliphatic heterocycles. The fourth-order valence-electron chi connectivity index (χ4n) is 4.26. The fraction of sp³-hybridized carbons (Fsp3) is 0.435. The molecule has 0 spiro atoms. The van der Waals surface area contributed by atoms with Gasteiger partial charge in [-0.2, -0.15) is 5.10 Å². The van der Waals surface area contributed by atoms with E-state index in [1.807, 2.05) is 12.3 Å². The second kappa shape index (κ2) is 8.52. The molecule has 1 N–H and O–H groups in total. The summed E-state index contributed by atoms with van der Waals surface area (Å²) >= 11 is 0. The van der Waals surface area contributed by atoms with Gasteiger partial charge in [-0.05, 0) is 71.3 Å². The molecule has 30 heavy (non-hydrogen) atoms. The number of aromatic nitrogens is 4. The minimum Gasteiger partial charge on any atom is -0.339 e. The Balaban J connectivity index is 1.48. The lowest BCUT2D eigenvalue weighted by atomic mass is 10.1. The summed E-state index contributed by atoms with van der Waals surface area (Å²) in [4.78, 5) is 11.3. The molecule has 1 saturated heterocycles. The lowest BCUT2D eigenvalue weighted by Gasteiger charge is -2.24. The summed E-state index contributed by atoms with van der Waals surface area (Å²) in [5.41, 5.74) is 5.62. The number of hydrogen-bond acceptors (Lipinski definition) is 5. The Morgan fingerprint density at radius 1 is 1.13 bits per heavy atom. The van der Waals surface area contributed by atoms with Crippen LogP contribution in [0.3, 0.4) is 0 Å². The van der Waals surface area contributed by atoms with Crippen LogP contribution in [0.4, 0.5) is 15.9 Å². The summed E-state index contributed by atoms with van der Waals surface area (Å²) in [5, 5.41) is 7.91. The van der Waals surface area contributed by atoms with Crippen molar-refractivity contribution in [2.75, 3.05) is 11.9 Å². The number of halogens is 1. The van der Waals surface area contributed by atoms with Crippen molar-refractivity contribution in [2.45, 2.75) is 59.2 Å². The maximum atomic E-state index is 13.0. The highest BCUT2D eigenvalue weighted by atomic mass is 19.1. The molecule has 158 valence electrons. The van der Waals surface area contributed by atoms with Gasteiger partial charge in [0, 0.05) is 23.8 Å². The maximum Gasteiger partial charge on any atom is 0.141 e. The molecule has 7 heteroatoms. The molecular formula is C23H29FN6. The van der Waals surface area contributed by atoms with Crippen LogP contribution < -0.4 is 5.32 Å². The first kappa shape index (κ1) is 20.5. The largest absolute Gasteiger partial charge is 0.339 e. The molecule has 0 bridgehead atoms. The van der Waals surface area contributed by atoms with Gasteiger partial charge in [-0.25, -0.2) is 9.37 Å². The van der Waals surface area contributed by atoms with E-state index in [1.54, 1.807) is 6.07 Å². The third-order valence-corrected chi connectivity index (χ3v) is 5.82. The first-order valence-corrected chi connectivity index (χ1v) is 10.6. The van der Waals surface area contributed by atoms with Crippen molar-refractivity contribution in [3.63, 3.8) is 0 Å². The Hall–Kier alpha value is -2.80. The zero-order chi connectivity index (χ0) is 21.3. The first-order valence-electron chi connectivity index (χ1n) is 10.6. The lowest BCUT2D eigenvalue weighted by molar-refractivity contribution is 0.243. The summed E-state index contributed by atoms with van der Waals surface area (Å²) in [6.07, 6.45) is 5.30. The molecule has 0 radical (unpaired) electrons. The standard InChI is InChI=1S/C23H29FN6/c1-15(2)30-17(4)20(16(3)28-30)14-29-11-5-6-22(29)21-9-8-19(13-25-21)27-23-10-7-18(24)12-26-23/h7-10,12-13,15,22H,5-6,11,14H2,1-4H3,(H,26,27). The van der Waals surface area contributed by atoms with Crippen LogP contribution in [0.25, 0.3) is 0 Å². The first-order chi connectivity index (χ1) is 14.4. The molecular weight excluding hydrogens is 379 g/mol. The predicted molar refractivity (Wildman–Crippen MR) is 116 cm³/mol. The van der Waals surface area contributed by atoms with Gasteiger partial charge in [-0.3, -0.25) is 14.6 Å². The van der Waals surface area contributed by atoms with Gasteiger partial charge >= 0.3 is 0 Å². The van der Waals surface area contributed by atoms with Crippen molar-refractivity contribution >= 4 is 11.5 Å². The summed E-state index contributed by atoms with van der Waals surface area (Å²) < 4.78 is 15.1. The van der Waals surface area contributed by atoms with Crippen LogP contribution in [-0.4, -0.2) is 31.2 Å². The molecule has 0 amide bonds. The van der Waals surface area contributed by atoms with Crippen LogP contribution in [0, 0.1) is 19.7 Å². The molecule has 1 unspecified atom stereocenters. The van der Waals surface area contributed by atoms with Crippen LogP contribution in [0.15, 0.2) is 36.7 Å². The van der Waals surface area contributed by atoms with E-state index in [2.05, 4.69) is 53.6 Å². The van der Waals surface area contributed by atoms with Gasteiger partial charge < -0.3 is 5.32 Å². The number of nitrogens with one attached hydrogen (secondary N) is 1. The van der Waals surface area contributed by atoms with Crippen LogP contribution in [0.1, 0.15) is 61.4 Å². The van der Waals surface area contributed by atoms with Crippen LogP contribution in [0.5, 0.6) is 0 Å². The molecule has 1 atom stereocenters. The average molecular weight is 409 g/mol. The highest BCUT2D eigenvalue weighted by molar-refractivity contribution is 5.54. The van der Waals surface area contributed by atoms with E-state index in [-0.39, 0.29) is 5.82 Å². The highest BCUT2D eigenvalue weighted by Crippen LogP contribution is 2.34. The van der Waals surface area contributed by atoms with Crippen LogP contribution >= 0.6 is 0 Å². The quantitative estimate of drug-likeness (QED) is 0.616. The second-order valence-electron chi connectivity index (χ2n) is 8.27. The zero-order valence-corrected chi connectivity index (χ0v) is 18.1. The summed E-state index contributed by atoms with van der Waals surface area (Å²) in [7, 11) is 0. The van der Waals surface area contributed by atoms with E-state index in [9.17, 15) is 4.39 Å². The van der Waals surface area contributed by atoms with Gasteiger partial charge in [0.15, 0.2) is 0 Å². The van der Waals surface area contributed by atoms with Gasteiger partial charge in [-0.15, -0.1) is 0 Å². The summed E-state index contributed by atoms with van der Waals surface area (Å²) in [5.74, 6) is 0.251. The highest BCUT2D eigenvalue weighted by Gasteiger charge is 2.28. The molecule has 6 nitrogen and oxygen atoms in total. The Morgan fingerprint density at radius 3 is 2.60 bits per heavy atom. The molecule has 4 heterocycles. The van der Waals surface area contributed by atoms with Crippen LogP contribution in [0.2, 0.25) is 0 Å². The van der Waals surface area contributed by atoms with Gasteiger partial charge in [0.25, 0.3) is 0 Å². The maximum absolute atomic E-state index is 13.0. The van der Waals surface area contributed by atoms with E-state index in [4.69, 9.17) is 10.1 Å². The van der Waals surface area contributed by atoms with Crippen molar-refractivity contribution in [1.29, 1.82) is 0 Å². The third-order valence-electron chi connectivity index (χ3n) is 5.82. The molecule has 3 aromatic heterocycles. The normalized spacial score (nSPS) is 17.1. The number of hydrogen-bond donors (Lipinski definition) is 1. The Kier molecular flexibility index (Phi) is 5.81. The minimum atomic E-state index is -0.347. The third kappa shape index (κ3) is 4.21. The SMILES string of the molecule is Cc1nn(C(C)C)c(C)c1CN1CCCC1c1ccc(Nc2ccc(F)cn2)cn1. The van der Waals surface area contributed by atoms with E-state index in [1.165, 1.54) is 29.9 Å². The van der Waals surface area contributed by atoms with Crippen molar-refractivity contribution in [3.05, 3.63) is 65.1 Å². The number of rotatable bonds is 6. The molecule has 1 aliphatic rings. The van der Waals surface area contributed by atoms with E-state index in [0.29, 0.717) is 17.9 Å². The van der Waals surface area contributed by atoms with Crippen molar-refractivity contribution in [1.82, 2.24) is 24.6 Å². The molecule has 0 aromatic carbocycles. The summed E-state index contributed by atoms with van der Waals surface area (Å²) in [6, 6.07) is 7.76. The summed E-state index contributed by atoms with van der Waals surface area (Å²) in [6.45, 7) is 10.6. The Morgan fingerprint density at radius 2 is 1.97 bits per heavy atom. The molecule has 3 aromatic rings. The topological polar surface area (TPSA) is 58.9 Å². The lowest BCUT2D eigenvalue weighted by Crippen LogP contribution is -2.24. The van der Waals surface area contributed by atoms with Gasteiger partial charge in [-0.1, -0.05) is 0 Å². The zero-order valence-electron chi connectivity index (χ0n) is 18.1. The molecule has 0 aliphatic carbocycles. The Labute approximate surface area is 177 Å². The van der Waals surface area contributed by atoms with Gasteiger partial charge in [0.1, 0.15) is 11.6 Å². The minimum absolute atomic E-state index is 0.309. The number of likely N-dealkylation sites (tertiary alicyclic amines) is 1. The van der Waals surface area contributed by atoms with E-state index >= 15 is 0 Å². The Bertz CT molecular complexity index is 994. The molecule has 1 fully saturated rings. The van der Waals surface area contributed by atoms with Crippen molar-refractivity contribution < 1.29 is 4.39 Å². The number of nitrogens with zero attached hydrogens (tertiary/aromatic N) is 5. The van der Waals surface area contributed by atoms with E-state index < -0.39 is 0 Å². The average Bonchev–Trinajstić information content (AvgIpc) is 3.30. The van der Waals surface area contributed by atoms with Gasteiger partial charge in [0.2, 0.25) is 0 Å². The van der Waals surface area contributed by atoms with Crippen molar-refractivity contribution in [3.8, 4) is 0 Å². The molecule has 0 saturated carbocycles. The second-order valence-corrected chi connectivity index (χ2v) is 8.27. The smallest absolute Gasteiger partial charge is 0.141 e. The molecule has 4 rings (SSSR count). The van der Waals surface area contributed by atoms with Crippen LogP contribution in [-0.2, 0) is 6.54 Å².